The van der Waals surface area contributed by atoms with Gasteiger partial charge >= 0.3 is 5.97 Å². The third-order valence-corrected chi connectivity index (χ3v) is 8.51. The maximum Gasteiger partial charge on any atom is 0.322 e. The molecule has 0 N–H and O–H groups in total. The number of ether oxygens (including phenoxy) is 1. The Morgan fingerprint density at radius 1 is 1.00 bits per heavy atom. The van der Waals surface area contributed by atoms with Crippen molar-refractivity contribution < 1.29 is 9.53 Å². The predicted molar refractivity (Wildman–Crippen MR) is 79.9 cm³/mol. The molecular weight excluding hydrogens is 351 g/mol. The molecule has 0 aromatic rings. The monoisotopic (exact) mass is 372 g/mol. The third-order valence-electron chi connectivity index (χ3n) is 6.99. The van der Waals surface area contributed by atoms with Crippen LogP contribution in [0.25, 0.3) is 0 Å². The van der Waals surface area contributed by atoms with E-state index < -0.39 is 0 Å². The van der Waals surface area contributed by atoms with E-state index in [0.717, 1.165) is 48.3 Å². The molecular formula is C16H21IO2. The molecule has 0 radical (unpaired) electrons. The van der Waals surface area contributed by atoms with E-state index in [1.807, 2.05) is 0 Å². The number of alkyl halides is 1. The van der Waals surface area contributed by atoms with Gasteiger partial charge in [-0.1, -0.05) is 22.6 Å². The summed E-state index contributed by atoms with van der Waals surface area (Å²) in [4.78, 5) is 12.2. The maximum atomic E-state index is 12.2. The van der Waals surface area contributed by atoms with Crippen molar-refractivity contribution in [2.75, 3.05) is 0 Å². The lowest BCUT2D eigenvalue weighted by molar-refractivity contribution is -0.153. The van der Waals surface area contributed by atoms with Crippen LogP contribution in [0.1, 0.15) is 44.9 Å². The van der Waals surface area contributed by atoms with E-state index in [-0.39, 0.29) is 15.5 Å². The Morgan fingerprint density at radius 3 is 2.47 bits per heavy atom. The molecule has 3 heteroatoms. The molecule has 0 heterocycles. The first-order valence-corrected chi connectivity index (χ1v) is 9.13. The molecule has 0 spiro atoms. The zero-order valence-electron chi connectivity index (χ0n) is 11.2. The van der Waals surface area contributed by atoms with Crippen LogP contribution in [0, 0.1) is 35.5 Å². The van der Waals surface area contributed by atoms with Gasteiger partial charge in [0.2, 0.25) is 0 Å². The van der Waals surface area contributed by atoms with Gasteiger partial charge in [0.05, 0.1) is 0 Å². The molecule has 2 nitrogen and oxygen atoms in total. The van der Waals surface area contributed by atoms with Crippen molar-refractivity contribution in [1.29, 1.82) is 0 Å². The average Bonchev–Trinajstić information content (AvgIpc) is 2.87. The summed E-state index contributed by atoms with van der Waals surface area (Å²) in [5, 5.41) is 0. The highest BCUT2D eigenvalue weighted by Crippen LogP contribution is 2.68. The lowest BCUT2D eigenvalue weighted by Crippen LogP contribution is -2.38. The summed E-state index contributed by atoms with van der Waals surface area (Å²) in [5.74, 6) is 5.71. The smallest absolute Gasteiger partial charge is 0.322 e. The normalized spacial score (nSPS) is 55.3. The molecule has 5 saturated carbocycles. The number of esters is 1. The highest BCUT2D eigenvalue weighted by molar-refractivity contribution is 14.1. The first-order valence-electron chi connectivity index (χ1n) is 8.06. The van der Waals surface area contributed by atoms with E-state index in [4.69, 9.17) is 4.74 Å². The number of hydrogen-bond acceptors (Lipinski definition) is 2. The molecule has 5 rings (SSSR count). The minimum absolute atomic E-state index is 0.102. The second-order valence-electron chi connectivity index (χ2n) is 7.79. The largest absolute Gasteiger partial charge is 0.461 e. The zero-order valence-corrected chi connectivity index (χ0v) is 13.3. The molecule has 7 atom stereocenters. The van der Waals surface area contributed by atoms with E-state index in [2.05, 4.69) is 22.6 Å². The summed E-state index contributed by atoms with van der Waals surface area (Å²) < 4.78 is 5.81. The number of rotatable bonds is 2. The molecule has 0 saturated heterocycles. The van der Waals surface area contributed by atoms with Crippen LogP contribution in [0.15, 0.2) is 0 Å². The van der Waals surface area contributed by atoms with Gasteiger partial charge in [0, 0.05) is 0 Å². The van der Waals surface area contributed by atoms with Gasteiger partial charge in [-0.2, -0.15) is 0 Å². The Kier molecular flexibility index (Phi) is 2.29. The quantitative estimate of drug-likeness (QED) is 0.321. The third kappa shape index (κ3) is 1.51. The van der Waals surface area contributed by atoms with Crippen LogP contribution in [0.3, 0.4) is 0 Å². The van der Waals surface area contributed by atoms with E-state index in [1.54, 1.807) is 0 Å². The Labute approximate surface area is 128 Å². The number of hydrogen-bond donors (Lipinski definition) is 0. The van der Waals surface area contributed by atoms with Crippen LogP contribution >= 0.6 is 22.6 Å². The summed E-state index contributed by atoms with van der Waals surface area (Å²) in [6, 6.07) is 0. The standard InChI is InChI=1S/C16H21IO2/c17-16(3-4-16)15(18)19-12-7-10-6-11(12)14-9-2-1-8(5-9)13(10)14/h8-14H,1-7H2. The van der Waals surface area contributed by atoms with Crippen LogP contribution in [0.2, 0.25) is 0 Å². The van der Waals surface area contributed by atoms with Crippen molar-refractivity contribution in [3.8, 4) is 0 Å². The van der Waals surface area contributed by atoms with E-state index >= 15 is 0 Å². The second-order valence-corrected chi connectivity index (χ2v) is 9.86. The van der Waals surface area contributed by atoms with E-state index in [9.17, 15) is 4.79 Å². The average molecular weight is 372 g/mol. The first kappa shape index (κ1) is 11.8. The fraction of sp³-hybridized carbons (Fsp3) is 0.938. The summed E-state index contributed by atoms with van der Waals surface area (Å²) in [5.41, 5.74) is 0. The maximum absolute atomic E-state index is 12.2. The fourth-order valence-electron chi connectivity index (χ4n) is 6.20. The van der Waals surface area contributed by atoms with Crippen LogP contribution in [-0.4, -0.2) is 15.5 Å². The van der Waals surface area contributed by atoms with Crippen LogP contribution < -0.4 is 0 Å². The second kappa shape index (κ2) is 3.69. The van der Waals surface area contributed by atoms with Crippen LogP contribution in [0.5, 0.6) is 0 Å². The SMILES string of the molecule is O=C(OC1CC2CC1C1C3CCC(C3)C21)C1(I)CC1. The van der Waals surface area contributed by atoms with Gasteiger partial charge in [-0.3, -0.25) is 4.79 Å². The van der Waals surface area contributed by atoms with E-state index in [0.29, 0.717) is 0 Å². The van der Waals surface area contributed by atoms with Gasteiger partial charge in [0.15, 0.2) is 0 Å². The van der Waals surface area contributed by atoms with Gasteiger partial charge in [0.1, 0.15) is 9.53 Å². The first-order chi connectivity index (χ1) is 9.16. The predicted octanol–water partition coefficient (Wildman–Crippen LogP) is 3.57. The topological polar surface area (TPSA) is 26.3 Å². The molecule has 0 aliphatic heterocycles. The van der Waals surface area contributed by atoms with Gasteiger partial charge in [-0.25, -0.2) is 0 Å². The number of halogens is 1. The number of carbonyl (C=O) groups is 1. The molecule has 0 amide bonds. The minimum Gasteiger partial charge on any atom is -0.461 e. The summed E-state index contributed by atoms with van der Waals surface area (Å²) >= 11 is 2.31. The van der Waals surface area contributed by atoms with Crippen molar-refractivity contribution >= 4 is 28.6 Å². The van der Waals surface area contributed by atoms with Crippen molar-refractivity contribution in [1.82, 2.24) is 0 Å². The molecule has 19 heavy (non-hydrogen) atoms. The summed E-state index contributed by atoms with van der Waals surface area (Å²) in [7, 11) is 0. The fourth-order valence-corrected chi connectivity index (χ4v) is 6.59. The molecule has 5 fully saturated rings. The molecule has 104 valence electrons. The number of carbonyl (C=O) groups excluding carboxylic acids is 1. The van der Waals surface area contributed by atoms with Gasteiger partial charge in [-0.15, -0.1) is 0 Å². The number of fused-ring (bicyclic) bond motifs is 9. The summed E-state index contributed by atoms with van der Waals surface area (Å²) in [6.07, 6.45) is 9.36. The lowest BCUT2D eigenvalue weighted by Gasteiger charge is -2.38. The van der Waals surface area contributed by atoms with Crippen LogP contribution in [-0.2, 0) is 9.53 Å². The molecule has 4 bridgehead atoms. The van der Waals surface area contributed by atoms with Gasteiger partial charge in [0.25, 0.3) is 0 Å². The van der Waals surface area contributed by atoms with Gasteiger partial charge < -0.3 is 4.74 Å². The van der Waals surface area contributed by atoms with Crippen LogP contribution in [0.4, 0.5) is 0 Å². The highest BCUT2D eigenvalue weighted by Gasteiger charge is 2.63. The molecule has 0 aromatic heterocycles. The van der Waals surface area contributed by atoms with Crippen molar-refractivity contribution in [2.24, 2.45) is 35.5 Å². The Morgan fingerprint density at radius 2 is 1.74 bits per heavy atom. The molecule has 0 aromatic carbocycles. The Hall–Kier alpha value is 0.200. The lowest BCUT2D eigenvalue weighted by atomic mass is 9.70. The summed E-state index contributed by atoms with van der Waals surface area (Å²) in [6.45, 7) is 0. The van der Waals surface area contributed by atoms with Crippen molar-refractivity contribution in [3.63, 3.8) is 0 Å². The molecule has 7 unspecified atom stereocenters. The van der Waals surface area contributed by atoms with Crippen molar-refractivity contribution in [3.05, 3.63) is 0 Å². The molecule has 5 aliphatic carbocycles. The highest BCUT2D eigenvalue weighted by atomic mass is 127. The van der Waals surface area contributed by atoms with E-state index in [1.165, 1.54) is 32.1 Å². The van der Waals surface area contributed by atoms with Crippen molar-refractivity contribution in [2.45, 2.75) is 54.5 Å². The Bertz CT molecular complexity index is 444. The van der Waals surface area contributed by atoms with Gasteiger partial charge in [-0.05, 0) is 80.5 Å². The Balaban J connectivity index is 1.34. The molecule has 5 aliphatic rings. The zero-order chi connectivity index (χ0) is 12.8. The minimum atomic E-state index is -0.131.